The zero-order valence-corrected chi connectivity index (χ0v) is 17.0. The van der Waals surface area contributed by atoms with Crippen molar-refractivity contribution in [2.24, 2.45) is 0 Å². The van der Waals surface area contributed by atoms with Gasteiger partial charge in [0.2, 0.25) is 5.88 Å². The van der Waals surface area contributed by atoms with Crippen LogP contribution in [0.2, 0.25) is 0 Å². The van der Waals surface area contributed by atoms with Gasteiger partial charge in [0.25, 0.3) is 6.43 Å². The molecule has 0 aliphatic rings. The summed E-state index contributed by atoms with van der Waals surface area (Å²) in [7, 11) is 1.51. The highest BCUT2D eigenvalue weighted by Gasteiger charge is 2.34. The SMILES string of the molecule is CCCCCCCC(C)(CCCC)n1nc(C(F)F)c(Br)c1OC. The molecule has 1 heterocycles. The summed E-state index contributed by atoms with van der Waals surface area (Å²) in [5.41, 5.74) is -0.538. The summed E-state index contributed by atoms with van der Waals surface area (Å²) in [4.78, 5) is 0. The van der Waals surface area contributed by atoms with Crippen molar-refractivity contribution in [1.29, 1.82) is 0 Å². The molecular weight excluding hydrogens is 378 g/mol. The summed E-state index contributed by atoms with van der Waals surface area (Å²) in [6.45, 7) is 6.45. The third-order valence-corrected chi connectivity index (χ3v) is 5.36. The number of hydrogen-bond donors (Lipinski definition) is 0. The van der Waals surface area contributed by atoms with Gasteiger partial charge >= 0.3 is 0 Å². The number of hydrogen-bond acceptors (Lipinski definition) is 2. The summed E-state index contributed by atoms with van der Waals surface area (Å²) >= 11 is 3.24. The van der Waals surface area contributed by atoms with Crippen LogP contribution in [-0.4, -0.2) is 16.9 Å². The molecule has 0 aromatic carbocycles. The molecule has 0 spiro atoms. The molecule has 1 aromatic rings. The highest BCUT2D eigenvalue weighted by molar-refractivity contribution is 9.10. The summed E-state index contributed by atoms with van der Waals surface area (Å²) in [5, 5.41) is 4.21. The third kappa shape index (κ3) is 5.43. The summed E-state index contributed by atoms with van der Waals surface area (Å²) in [6.07, 6.45) is 7.25. The van der Waals surface area contributed by atoms with Crippen molar-refractivity contribution < 1.29 is 13.5 Å². The van der Waals surface area contributed by atoms with E-state index in [9.17, 15) is 8.78 Å². The summed E-state index contributed by atoms with van der Waals surface area (Å²) in [5.74, 6) is 0.400. The quantitative estimate of drug-likeness (QED) is 0.353. The Morgan fingerprint density at radius 2 is 1.67 bits per heavy atom. The van der Waals surface area contributed by atoms with Crippen molar-refractivity contribution in [1.82, 2.24) is 9.78 Å². The van der Waals surface area contributed by atoms with Gasteiger partial charge in [-0.1, -0.05) is 58.8 Å². The van der Waals surface area contributed by atoms with Gasteiger partial charge in [0.1, 0.15) is 10.2 Å². The molecule has 0 aliphatic heterocycles. The van der Waals surface area contributed by atoms with Crippen LogP contribution >= 0.6 is 15.9 Å². The smallest absolute Gasteiger partial charge is 0.283 e. The molecule has 24 heavy (non-hydrogen) atoms. The average Bonchev–Trinajstić information content (AvgIpc) is 2.90. The fourth-order valence-corrected chi connectivity index (χ4v) is 3.67. The van der Waals surface area contributed by atoms with Crippen LogP contribution in [-0.2, 0) is 5.54 Å². The van der Waals surface area contributed by atoms with Crippen molar-refractivity contribution in [3.05, 3.63) is 10.2 Å². The molecule has 6 heteroatoms. The van der Waals surface area contributed by atoms with Gasteiger partial charge in [-0.05, 0) is 35.7 Å². The van der Waals surface area contributed by atoms with Crippen LogP contribution in [0.5, 0.6) is 5.88 Å². The number of rotatable bonds is 12. The van der Waals surface area contributed by atoms with Crippen LogP contribution in [0.3, 0.4) is 0 Å². The molecule has 3 nitrogen and oxygen atoms in total. The first kappa shape index (κ1) is 21.4. The normalized spacial score (nSPS) is 14.2. The Labute approximate surface area is 153 Å². The molecule has 1 rings (SSSR count). The number of halogens is 3. The van der Waals surface area contributed by atoms with E-state index in [1.54, 1.807) is 4.68 Å². The molecule has 0 bridgehead atoms. The molecule has 0 aliphatic carbocycles. The van der Waals surface area contributed by atoms with Gasteiger partial charge in [0.05, 0.1) is 12.6 Å². The number of aromatic nitrogens is 2. The maximum Gasteiger partial charge on any atom is 0.283 e. The van der Waals surface area contributed by atoms with Gasteiger partial charge in [-0.15, -0.1) is 0 Å². The minimum atomic E-state index is -2.62. The van der Waals surface area contributed by atoms with E-state index in [1.807, 2.05) is 0 Å². The van der Waals surface area contributed by atoms with E-state index in [0.717, 1.165) is 32.1 Å². The molecule has 0 fully saturated rings. The van der Waals surface area contributed by atoms with Gasteiger partial charge in [-0.2, -0.15) is 5.10 Å². The number of methoxy groups -OCH3 is 1. The minimum Gasteiger partial charge on any atom is -0.480 e. The Morgan fingerprint density at radius 3 is 2.21 bits per heavy atom. The van der Waals surface area contributed by atoms with Gasteiger partial charge in [-0.25, -0.2) is 13.5 Å². The predicted octanol–water partition coefficient (Wildman–Crippen LogP) is 6.86. The second kappa shape index (κ2) is 10.4. The Hall–Kier alpha value is -0.650. The van der Waals surface area contributed by atoms with Crippen LogP contribution in [0.25, 0.3) is 0 Å². The van der Waals surface area contributed by atoms with Crippen molar-refractivity contribution >= 4 is 15.9 Å². The zero-order valence-electron chi connectivity index (χ0n) is 15.4. The summed E-state index contributed by atoms with van der Waals surface area (Å²) in [6, 6.07) is 0. The largest absolute Gasteiger partial charge is 0.480 e. The van der Waals surface area contributed by atoms with Crippen LogP contribution in [0.4, 0.5) is 8.78 Å². The lowest BCUT2D eigenvalue weighted by Gasteiger charge is -2.31. The maximum absolute atomic E-state index is 13.2. The van der Waals surface area contributed by atoms with Crippen LogP contribution in [0, 0.1) is 0 Å². The fourth-order valence-electron chi connectivity index (χ4n) is 3.08. The Morgan fingerprint density at radius 1 is 1.08 bits per heavy atom. The maximum atomic E-state index is 13.2. The topological polar surface area (TPSA) is 27.1 Å². The van der Waals surface area contributed by atoms with Crippen molar-refractivity contribution in [3.8, 4) is 5.88 Å². The van der Waals surface area contributed by atoms with E-state index in [-0.39, 0.29) is 15.7 Å². The van der Waals surface area contributed by atoms with Crippen molar-refractivity contribution in [2.75, 3.05) is 7.11 Å². The van der Waals surface area contributed by atoms with Crippen LogP contribution in [0.1, 0.15) is 90.7 Å². The van der Waals surface area contributed by atoms with Crippen LogP contribution < -0.4 is 4.74 Å². The number of ether oxygens (including phenoxy) is 1. The second-order valence-corrected chi connectivity index (χ2v) is 7.48. The Kier molecular flexibility index (Phi) is 9.24. The predicted molar refractivity (Wildman–Crippen MR) is 98.0 cm³/mol. The van der Waals surface area contributed by atoms with Gasteiger partial charge < -0.3 is 4.74 Å². The van der Waals surface area contributed by atoms with Gasteiger partial charge in [0.15, 0.2) is 0 Å². The zero-order chi connectivity index (χ0) is 18.2. The highest BCUT2D eigenvalue weighted by atomic mass is 79.9. The fraction of sp³-hybridized carbons (Fsp3) is 0.833. The number of nitrogens with zero attached hydrogens (tertiary/aromatic N) is 2. The van der Waals surface area contributed by atoms with Gasteiger partial charge in [-0.3, -0.25) is 0 Å². The molecule has 0 saturated heterocycles. The van der Waals surface area contributed by atoms with E-state index in [1.165, 1.54) is 32.8 Å². The monoisotopic (exact) mass is 408 g/mol. The molecule has 140 valence electrons. The first-order valence-electron chi connectivity index (χ1n) is 9.02. The molecule has 1 atom stereocenters. The van der Waals surface area contributed by atoms with E-state index >= 15 is 0 Å². The highest BCUT2D eigenvalue weighted by Crippen LogP contribution is 2.40. The standard InChI is InChI=1S/C18H31BrF2N2O/c1-5-7-9-10-11-13-18(3,12-8-6-2)23-17(24-4)14(19)15(22-23)16(20)21/h16H,5-13H2,1-4H3. The lowest BCUT2D eigenvalue weighted by molar-refractivity contribution is 0.140. The molecule has 1 aromatic heterocycles. The molecular formula is C18H31BrF2N2O. The molecule has 0 radical (unpaired) electrons. The van der Waals surface area contributed by atoms with Crippen molar-refractivity contribution in [2.45, 2.75) is 90.5 Å². The van der Waals surface area contributed by atoms with Gasteiger partial charge in [0, 0.05) is 0 Å². The molecule has 0 N–H and O–H groups in total. The Balaban J connectivity index is 3.03. The molecule has 1 unspecified atom stereocenters. The molecule has 0 saturated carbocycles. The number of unbranched alkanes of at least 4 members (excludes halogenated alkanes) is 5. The molecule has 0 amide bonds. The van der Waals surface area contributed by atoms with E-state index in [0.29, 0.717) is 5.88 Å². The minimum absolute atomic E-state index is 0.236. The van der Waals surface area contributed by atoms with E-state index in [2.05, 4.69) is 41.8 Å². The lowest BCUT2D eigenvalue weighted by atomic mass is 9.88. The second-order valence-electron chi connectivity index (χ2n) is 6.69. The van der Waals surface area contributed by atoms with Crippen molar-refractivity contribution in [3.63, 3.8) is 0 Å². The van der Waals surface area contributed by atoms with Crippen LogP contribution in [0.15, 0.2) is 4.47 Å². The summed E-state index contributed by atoms with van der Waals surface area (Å²) < 4.78 is 33.8. The van der Waals surface area contributed by atoms with E-state index in [4.69, 9.17) is 4.74 Å². The van der Waals surface area contributed by atoms with E-state index < -0.39 is 6.43 Å². The first-order valence-corrected chi connectivity index (χ1v) is 9.81. The Bertz CT molecular complexity index is 494. The number of alkyl halides is 2. The third-order valence-electron chi connectivity index (χ3n) is 4.61. The lowest BCUT2D eigenvalue weighted by Crippen LogP contribution is -2.32. The first-order chi connectivity index (χ1) is 11.4. The average molecular weight is 409 g/mol.